The Morgan fingerprint density at radius 3 is 2.65 bits per heavy atom. The van der Waals surface area contributed by atoms with Crippen LogP contribution in [0.15, 0.2) is 0 Å². The molecule has 0 spiro atoms. The van der Waals surface area contributed by atoms with Crippen LogP contribution >= 0.6 is 24.0 Å². The van der Waals surface area contributed by atoms with Gasteiger partial charge in [-0.2, -0.15) is 16.9 Å². The molecule has 0 fully saturated rings. The topological polar surface area (TPSA) is 33.6 Å². The predicted molar refractivity (Wildman–Crippen MR) is 78.4 cm³/mol. The number of unbranched alkanes of at least 4 members (excludes halogenated alkanes) is 3. The monoisotopic (exact) mass is 273 g/mol. The molecule has 5 heteroatoms. The van der Waals surface area contributed by atoms with Crippen LogP contribution in [0.3, 0.4) is 0 Å². The van der Waals surface area contributed by atoms with Crippen molar-refractivity contribution in [3.05, 3.63) is 10.6 Å². The number of rotatable bonds is 8. The summed E-state index contributed by atoms with van der Waals surface area (Å²) in [6.07, 6.45) is 7.30. The van der Waals surface area contributed by atoms with Crippen LogP contribution in [0.4, 0.5) is 0 Å². The third-order valence-electron chi connectivity index (χ3n) is 2.78. The van der Waals surface area contributed by atoms with E-state index in [4.69, 9.17) is 12.2 Å². The molecule has 1 N–H and O–H groups in total. The van der Waals surface area contributed by atoms with Gasteiger partial charge in [-0.15, -0.1) is 0 Å². The largest absolute Gasteiger partial charge is 0.304 e. The zero-order chi connectivity index (χ0) is 12.7. The van der Waals surface area contributed by atoms with Crippen molar-refractivity contribution in [1.29, 1.82) is 0 Å². The van der Waals surface area contributed by atoms with Gasteiger partial charge in [0, 0.05) is 12.5 Å². The summed E-state index contributed by atoms with van der Waals surface area (Å²) in [5.41, 5.74) is 0. The molecule has 0 atom stereocenters. The van der Waals surface area contributed by atoms with Gasteiger partial charge in [0.15, 0.2) is 4.77 Å². The highest BCUT2D eigenvalue weighted by molar-refractivity contribution is 7.98. The number of H-pyrrole nitrogens is 1. The van der Waals surface area contributed by atoms with Crippen LogP contribution < -0.4 is 0 Å². The van der Waals surface area contributed by atoms with Crippen LogP contribution in [-0.4, -0.2) is 26.8 Å². The molecule has 0 bridgehead atoms. The van der Waals surface area contributed by atoms with Gasteiger partial charge >= 0.3 is 0 Å². The maximum Gasteiger partial charge on any atom is 0.195 e. The van der Waals surface area contributed by atoms with Crippen molar-refractivity contribution in [1.82, 2.24) is 14.8 Å². The van der Waals surface area contributed by atoms with E-state index in [0.29, 0.717) is 5.92 Å². The van der Waals surface area contributed by atoms with Crippen molar-refractivity contribution in [2.75, 3.05) is 12.0 Å². The number of aromatic amines is 1. The summed E-state index contributed by atoms with van der Waals surface area (Å²) in [6.45, 7) is 5.31. The van der Waals surface area contributed by atoms with E-state index in [1.807, 2.05) is 11.8 Å². The second-order valence-corrected chi connectivity index (χ2v) is 5.97. The fraction of sp³-hybridized carbons (Fsp3) is 0.833. The quantitative estimate of drug-likeness (QED) is 0.574. The van der Waals surface area contributed by atoms with Crippen LogP contribution in [-0.2, 0) is 6.54 Å². The molecule has 0 amide bonds. The normalized spacial score (nSPS) is 11.3. The molecule has 0 radical (unpaired) electrons. The molecule has 0 aliphatic rings. The van der Waals surface area contributed by atoms with Crippen LogP contribution in [0.25, 0.3) is 0 Å². The molecule has 0 aromatic carbocycles. The van der Waals surface area contributed by atoms with Gasteiger partial charge in [0.1, 0.15) is 5.82 Å². The maximum absolute atomic E-state index is 5.25. The lowest BCUT2D eigenvalue weighted by Crippen LogP contribution is -2.06. The standard InChI is InChI=1S/C12H23N3S2/c1-10(2)11-13-14-12(16)15(11)8-6-4-5-7-9-17-3/h10H,4-9H2,1-3H3,(H,14,16). The molecule has 1 aromatic rings. The number of thioether (sulfide) groups is 1. The summed E-state index contributed by atoms with van der Waals surface area (Å²) in [7, 11) is 0. The van der Waals surface area contributed by atoms with Crippen molar-refractivity contribution in [3.63, 3.8) is 0 Å². The van der Waals surface area contributed by atoms with E-state index in [9.17, 15) is 0 Å². The van der Waals surface area contributed by atoms with Gasteiger partial charge in [-0.1, -0.05) is 26.7 Å². The number of nitrogens with one attached hydrogen (secondary N) is 1. The van der Waals surface area contributed by atoms with Crippen molar-refractivity contribution >= 4 is 24.0 Å². The first kappa shape index (κ1) is 14.8. The summed E-state index contributed by atoms with van der Waals surface area (Å²) in [5, 5.41) is 7.18. The van der Waals surface area contributed by atoms with E-state index in [0.717, 1.165) is 17.1 Å². The molecule has 0 saturated carbocycles. The van der Waals surface area contributed by atoms with Gasteiger partial charge in [0.2, 0.25) is 0 Å². The second kappa shape index (κ2) is 7.93. The van der Waals surface area contributed by atoms with E-state index >= 15 is 0 Å². The molecule has 3 nitrogen and oxygen atoms in total. The minimum absolute atomic E-state index is 0.430. The Bertz CT molecular complexity index is 368. The molecule has 0 aliphatic heterocycles. The lowest BCUT2D eigenvalue weighted by molar-refractivity contribution is 0.550. The number of hydrogen-bond acceptors (Lipinski definition) is 3. The second-order valence-electron chi connectivity index (χ2n) is 4.60. The molecule has 98 valence electrons. The fourth-order valence-corrected chi connectivity index (χ4v) is 2.58. The minimum Gasteiger partial charge on any atom is -0.304 e. The Hall–Kier alpha value is -0.290. The molecule has 0 aliphatic carbocycles. The summed E-state index contributed by atoms with van der Waals surface area (Å²) in [6, 6.07) is 0. The van der Waals surface area contributed by atoms with Gasteiger partial charge < -0.3 is 4.57 Å². The molecule has 17 heavy (non-hydrogen) atoms. The molecule has 0 saturated heterocycles. The van der Waals surface area contributed by atoms with Gasteiger partial charge in [-0.3, -0.25) is 5.10 Å². The lowest BCUT2D eigenvalue weighted by atomic mass is 10.2. The number of nitrogens with zero attached hydrogens (tertiary/aromatic N) is 2. The molecular weight excluding hydrogens is 250 g/mol. The van der Waals surface area contributed by atoms with Crippen LogP contribution in [0, 0.1) is 4.77 Å². The zero-order valence-corrected chi connectivity index (χ0v) is 12.7. The Kier molecular flexibility index (Phi) is 6.89. The van der Waals surface area contributed by atoms with Crippen LogP contribution in [0.1, 0.15) is 51.3 Å². The Labute approximate surface area is 113 Å². The summed E-state index contributed by atoms with van der Waals surface area (Å²) in [4.78, 5) is 0. The average molecular weight is 273 g/mol. The van der Waals surface area contributed by atoms with Crippen molar-refractivity contribution in [2.45, 2.75) is 52.0 Å². The highest BCUT2D eigenvalue weighted by Gasteiger charge is 2.09. The summed E-state index contributed by atoms with van der Waals surface area (Å²) >= 11 is 7.18. The highest BCUT2D eigenvalue weighted by atomic mass is 32.2. The SMILES string of the molecule is CSCCCCCCn1c(C(C)C)n[nH]c1=S. The number of aromatic nitrogens is 3. The maximum atomic E-state index is 5.25. The van der Waals surface area contributed by atoms with Crippen molar-refractivity contribution in [2.24, 2.45) is 0 Å². The van der Waals surface area contributed by atoms with E-state index in [-0.39, 0.29) is 0 Å². The van der Waals surface area contributed by atoms with Gasteiger partial charge in [-0.05, 0) is 37.1 Å². The number of hydrogen-bond donors (Lipinski definition) is 1. The molecule has 1 heterocycles. The molecule has 1 aromatic heterocycles. The Balaban J connectivity index is 2.36. The van der Waals surface area contributed by atoms with E-state index < -0.39 is 0 Å². The summed E-state index contributed by atoms with van der Waals surface area (Å²) in [5.74, 6) is 2.79. The van der Waals surface area contributed by atoms with Crippen LogP contribution in [0.5, 0.6) is 0 Å². The van der Waals surface area contributed by atoms with Crippen molar-refractivity contribution in [3.8, 4) is 0 Å². The van der Waals surface area contributed by atoms with Gasteiger partial charge in [-0.25, -0.2) is 0 Å². The Morgan fingerprint density at radius 2 is 2.00 bits per heavy atom. The Morgan fingerprint density at radius 1 is 1.29 bits per heavy atom. The fourth-order valence-electron chi connectivity index (χ4n) is 1.86. The highest BCUT2D eigenvalue weighted by Crippen LogP contribution is 2.13. The first-order valence-electron chi connectivity index (χ1n) is 6.31. The first-order chi connectivity index (χ1) is 8.16. The lowest BCUT2D eigenvalue weighted by Gasteiger charge is -2.08. The zero-order valence-electron chi connectivity index (χ0n) is 11.0. The van der Waals surface area contributed by atoms with Crippen molar-refractivity contribution < 1.29 is 0 Å². The van der Waals surface area contributed by atoms with Gasteiger partial charge in [0.05, 0.1) is 0 Å². The molecule has 1 rings (SSSR count). The third-order valence-corrected chi connectivity index (χ3v) is 3.79. The minimum atomic E-state index is 0.430. The molecular formula is C12H23N3S2. The smallest absolute Gasteiger partial charge is 0.195 e. The van der Waals surface area contributed by atoms with Gasteiger partial charge in [0.25, 0.3) is 0 Å². The van der Waals surface area contributed by atoms with E-state index in [1.54, 1.807) is 0 Å². The predicted octanol–water partition coefficient (Wildman–Crippen LogP) is 3.99. The first-order valence-corrected chi connectivity index (χ1v) is 8.11. The molecule has 0 unspecified atom stereocenters. The summed E-state index contributed by atoms with van der Waals surface area (Å²) < 4.78 is 2.91. The van der Waals surface area contributed by atoms with Crippen LogP contribution in [0.2, 0.25) is 0 Å². The van der Waals surface area contributed by atoms with E-state index in [2.05, 4.69) is 34.9 Å². The third kappa shape index (κ3) is 4.84. The van der Waals surface area contributed by atoms with E-state index in [1.165, 1.54) is 31.4 Å². The average Bonchev–Trinajstić information content (AvgIpc) is 2.65.